The highest BCUT2D eigenvalue weighted by Crippen LogP contribution is 2.39. The van der Waals surface area contributed by atoms with Gasteiger partial charge in [0.1, 0.15) is 0 Å². The first-order chi connectivity index (χ1) is 10.9. The number of nitrogens with zero attached hydrogens (tertiary/aromatic N) is 1. The second-order valence-corrected chi connectivity index (χ2v) is 7.16. The molecule has 23 heavy (non-hydrogen) atoms. The average Bonchev–Trinajstić information content (AvgIpc) is 3.32. The highest BCUT2D eigenvalue weighted by atomic mass is 35.5. The van der Waals surface area contributed by atoms with Gasteiger partial charge < -0.3 is 15.3 Å². The van der Waals surface area contributed by atoms with Crippen molar-refractivity contribution in [3.63, 3.8) is 0 Å². The fraction of sp³-hybridized carbons (Fsp3) is 0.529. The Kier molecular flexibility index (Phi) is 4.34. The number of carbonyl (C=O) groups is 2. The molecule has 2 unspecified atom stereocenters. The molecule has 2 fully saturated rings. The van der Waals surface area contributed by atoms with Crippen molar-refractivity contribution in [2.24, 2.45) is 11.8 Å². The summed E-state index contributed by atoms with van der Waals surface area (Å²) in [4.78, 5) is 26.3. The molecule has 0 radical (unpaired) electrons. The van der Waals surface area contributed by atoms with Crippen molar-refractivity contribution < 1.29 is 14.7 Å². The number of hydrogen-bond acceptors (Lipinski definition) is 3. The summed E-state index contributed by atoms with van der Waals surface area (Å²) in [5, 5.41) is 13.2. The van der Waals surface area contributed by atoms with Gasteiger partial charge in [-0.2, -0.15) is 0 Å². The van der Waals surface area contributed by atoms with Crippen molar-refractivity contribution in [1.82, 2.24) is 5.32 Å². The lowest BCUT2D eigenvalue weighted by atomic mass is 9.95. The maximum Gasteiger partial charge on any atom is 0.227 e. The molecule has 1 aliphatic carbocycles. The number of nitrogens with one attached hydrogen (secondary N) is 1. The molecule has 1 aliphatic heterocycles. The van der Waals surface area contributed by atoms with E-state index in [0.717, 1.165) is 18.5 Å². The van der Waals surface area contributed by atoms with Crippen LogP contribution in [-0.4, -0.2) is 35.6 Å². The minimum atomic E-state index is -0.576. The number of benzene rings is 1. The minimum Gasteiger partial charge on any atom is -0.394 e. The van der Waals surface area contributed by atoms with Gasteiger partial charge in [-0.15, -0.1) is 0 Å². The Morgan fingerprint density at radius 1 is 1.39 bits per heavy atom. The molecule has 2 N–H and O–H groups in total. The molecule has 0 aromatic heterocycles. The summed E-state index contributed by atoms with van der Waals surface area (Å²) in [5.41, 5.74) is 0.176. The monoisotopic (exact) mass is 336 g/mol. The predicted octanol–water partition coefficient (Wildman–Crippen LogP) is 1.97. The van der Waals surface area contributed by atoms with E-state index >= 15 is 0 Å². The molecule has 5 nitrogen and oxygen atoms in total. The summed E-state index contributed by atoms with van der Waals surface area (Å²) in [6.07, 6.45) is 2.25. The minimum absolute atomic E-state index is 0.0652. The van der Waals surface area contributed by atoms with Crippen LogP contribution in [0.3, 0.4) is 0 Å². The maximum absolute atomic E-state index is 12.5. The molecule has 1 saturated carbocycles. The lowest BCUT2D eigenvalue weighted by Gasteiger charge is -2.30. The summed E-state index contributed by atoms with van der Waals surface area (Å²) in [6.45, 7) is 2.15. The maximum atomic E-state index is 12.5. The largest absolute Gasteiger partial charge is 0.394 e. The van der Waals surface area contributed by atoms with E-state index in [-0.39, 0.29) is 30.8 Å². The summed E-state index contributed by atoms with van der Waals surface area (Å²) in [6, 6.07) is 7.02. The van der Waals surface area contributed by atoms with Gasteiger partial charge in [-0.1, -0.05) is 11.6 Å². The second-order valence-electron chi connectivity index (χ2n) is 6.72. The zero-order valence-electron chi connectivity index (χ0n) is 13.1. The molecule has 2 atom stereocenters. The SMILES string of the molecule is CC(CO)(NC(=O)C1CC(=O)N(c2ccc(Cl)cc2)C1)C1CC1. The van der Waals surface area contributed by atoms with E-state index in [1.54, 1.807) is 29.2 Å². The third-order valence-corrected chi connectivity index (χ3v) is 5.10. The van der Waals surface area contributed by atoms with E-state index < -0.39 is 5.54 Å². The van der Waals surface area contributed by atoms with E-state index in [2.05, 4.69) is 5.32 Å². The predicted molar refractivity (Wildman–Crippen MR) is 88.3 cm³/mol. The summed E-state index contributed by atoms with van der Waals surface area (Å²) >= 11 is 5.87. The number of amides is 2. The van der Waals surface area contributed by atoms with Gasteiger partial charge >= 0.3 is 0 Å². The van der Waals surface area contributed by atoms with Crippen molar-refractivity contribution in [1.29, 1.82) is 0 Å². The molecule has 1 aromatic rings. The first-order valence-corrected chi connectivity index (χ1v) is 8.29. The zero-order chi connectivity index (χ0) is 16.6. The van der Waals surface area contributed by atoms with Crippen molar-refractivity contribution in [2.75, 3.05) is 18.1 Å². The van der Waals surface area contributed by atoms with Gasteiger partial charge in [-0.3, -0.25) is 9.59 Å². The number of aliphatic hydroxyl groups excluding tert-OH is 1. The Morgan fingerprint density at radius 3 is 2.61 bits per heavy atom. The molecule has 1 heterocycles. The third-order valence-electron chi connectivity index (χ3n) is 4.85. The Balaban J connectivity index is 1.67. The van der Waals surface area contributed by atoms with Crippen LogP contribution in [0.15, 0.2) is 24.3 Å². The lowest BCUT2D eigenvalue weighted by molar-refractivity contribution is -0.128. The van der Waals surface area contributed by atoms with Gasteiger partial charge in [0, 0.05) is 23.7 Å². The van der Waals surface area contributed by atoms with E-state index in [1.165, 1.54) is 0 Å². The molecule has 124 valence electrons. The van der Waals surface area contributed by atoms with Crippen molar-refractivity contribution in [3.8, 4) is 0 Å². The normalized spacial score (nSPS) is 23.7. The number of hydrogen-bond donors (Lipinski definition) is 2. The van der Waals surface area contributed by atoms with Crippen molar-refractivity contribution in [2.45, 2.75) is 31.7 Å². The highest BCUT2D eigenvalue weighted by Gasteiger charge is 2.44. The zero-order valence-corrected chi connectivity index (χ0v) is 13.8. The van der Waals surface area contributed by atoms with Crippen LogP contribution in [0.25, 0.3) is 0 Å². The van der Waals surface area contributed by atoms with Crippen LogP contribution in [0.5, 0.6) is 0 Å². The van der Waals surface area contributed by atoms with Crippen LogP contribution in [0, 0.1) is 11.8 Å². The van der Waals surface area contributed by atoms with Crippen molar-refractivity contribution in [3.05, 3.63) is 29.3 Å². The molecule has 3 rings (SSSR count). The van der Waals surface area contributed by atoms with E-state index in [4.69, 9.17) is 11.6 Å². The fourth-order valence-corrected chi connectivity index (χ4v) is 3.25. The van der Waals surface area contributed by atoms with Crippen LogP contribution in [0.4, 0.5) is 5.69 Å². The Labute approximate surface area is 140 Å². The fourth-order valence-electron chi connectivity index (χ4n) is 3.13. The third kappa shape index (κ3) is 3.35. The molecule has 2 amide bonds. The Morgan fingerprint density at radius 2 is 2.04 bits per heavy atom. The van der Waals surface area contributed by atoms with E-state index in [1.807, 2.05) is 6.92 Å². The van der Waals surface area contributed by atoms with Gasteiger partial charge in [0.05, 0.1) is 18.1 Å². The molecular weight excluding hydrogens is 316 g/mol. The van der Waals surface area contributed by atoms with Gasteiger partial charge in [0.25, 0.3) is 0 Å². The smallest absolute Gasteiger partial charge is 0.227 e. The van der Waals surface area contributed by atoms with Crippen LogP contribution < -0.4 is 10.2 Å². The van der Waals surface area contributed by atoms with Crippen LogP contribution in [0.1, 0.15) is 26.2 Å². The standard InChI is InChI=1S/C17H21ClN2O3/c1-17(10-21,12-2-3-12)19-16(23)11-8-15(22)20(9-11)14-6-4-13(18)5-7-14/h4-7,11-12,21H,2-3,8-10H2,1H3,(H,19,23). The van der Waals surface area contributed by atoms with E-state index in [0.29, 0.717) is 17.5 Å². The van der Waals surface area contributed by atoms with Crippen LogP contribution >= 0.6 is 11.6 Å². The number of rotatable bonds is 5. The highest BCUT2D eigenvalue weighted by molar-refractivity contribution is 6.30. The average molecular weight is 337 g/mol. The molecule has 1 saturated heterocycles. The number of carbonyl (C=O) groups excluding carboxylic acids is 2. The lowest BCUT2D eigenvalue weighted by Crippen LogP contribution is -2.52. The first-order valence-electron chi connectivity index (χ1n) is 7.92. The molecule has 0 spiro atoms. The molecule has 1 aromatic carbocycles. The Hall–Kier alpha value is -1.59. The van der Waals surface area contributed by atoms with Gasteiger partial charge in [-0.25, -0.2) is 0 Å². The second kappa shape index (κ2) is 6.13. The summed E-state index contributed by atoms with van der Waals surface area (Å²) in [7, 11) is 0. The van der Waals surface area contributed by atoms with Crippen molar-refractivity contribution >= 4 is 29.1 Å². The number of anilines is 1. The molecule has 6 heteroatoms. The molecule has 2 aliphatic rings. The number of halogens is 1. The summed E-state index contributed by atoms with van der Waals surface area (Å²) < 4.78 is 0. The van der Waals surface area contributed by atoms with E-state index in [9.17, 15) is 14.7 Å². The topological polar surface area (TPSA) is 69.6 Å². The molecular formula is C17H21ClN2O3. The Bertz CT molecular complexity index is 615. The quantitative estimate of drug-likeness (QED) is 0.863. The van der Waals surface area contributed by atoms with Crippen LogP contribution in [0.2, 0.25) is 5.02 Å². The van der Waals surface area contributed by atoms with Gasteiger partial charge in [0.15, 0.2) is 0 Å². The first kappa shape index (κ1) is 16.3. The van der Waals surface area contributed by atoms with Crippen LogP contribution in [-0.2, 0) is 9.59 Å². The number of aliphatic hydroxyl groups is 1. The van der Waals surface area contributed by atoms with Gasteiger partial charge in [-0.05, 0) is 49.9 Å². The molecule has 0 bridgehead atoms. The summed E-state index contributed by atoms with van der Waals surface area (Å²) in [5.74, 6) is -0.272. The van der Waals surface area contributed by atoms with Gasteiger partial charge in [0.2, 0.25) is 11.8 Å².